The van der Waals surface area contributed by atoms with Gasteiger partial charge < -0.3 is 14.8 Å². The molecule has 0 aromatic carbocycles. The molecule has 0 aliphatic heterocycles. The summed E-state index contributed by atoms with van der Waals surface area (Å²) in [6.45, 7) is 11.4. The third kappa shape index (κ3) is 8.20. The zero-order chi connectivity index (χ0) is 14.6. The highest BCUT2D eigenvalue weighted by Crippen LogP contribution is 2.34. The van der Waals surface area contributed by atoms with Crippen molar-refractivity contribution in [1.82, 2.24) is 10.2 Å². The van der Waals surface area contributed by atoms with Crippen molar-refractivity contribution in [3.8, 4) is 0 Å². The maximum absolute atomic E-state index is 5.34. The number of unbranched alkanes of at least 4 members (excludes halogenated alkanes) is 1. The van der Waals surface area contributed by atoms with E-state index in [0.717, 1.165) is 58.3 Å². The van der Waals surface area contributed by atoms with Crippen molar-refractivity contribution >= 4 is 0 Å². The number of nitrogens with zero attached hydrogens (tertiary/aromatic N) is 1. The fourth-order valence-electron chi connectivity index (χ4n) is 2.55. The van der Waals surface area contributed by atoms with Gasteiger partial charge in [-0.2, -0.15) is 0 Å². The third-order valence-electron chi connectivity index (χ3n) is 4.13. The Balaban J connectivity index is 2.02. The van der Waals surface area contributed by atoms with Gasteiger partial charge in [0.1, 0.15) is 0 Å². The maximum Gasteiger partial charge on any atom is 0.0589 e. The molecule has 1 saturated carbocycles. The topological polar surface area (TPSA) is 33.7 Å². The highest BCUT2D eigenvalue weighted by atomic mass is 16.5. The van der Waals surface area contributed by atoms with Crippen LogP contribution in [0.25, 0.3) is 0 Å². The minimum absolute atomic E-state index is 0.713. The first kappa shape index (κ1) is 17.9. The molecule has 1 aliphatic carbocycles. The van der Waals surface area contributed by atoms with E-state index in [-0.39, 0.29) is 0 Å². The first-order chi connectivity index (χ1) is 9.79. The van der Waals surface area contributed by atoms with Crippen molar-refractivity contribution in [2.45, 2.75) is 45.6 Å². The molecular formula is C16H34N2O2. The van der Waals surface area contributed by atoms with Gasteiger partial charge in [-0.25, -0.2) is 0 Å². The predicted molar refractivity (Wildman–Crippen MR) is 84.2 cm³/mol. The number of hydrogen-bond acceptors (Lipinski definition) is 4. The van der Waals surface area contributed by atoms with Crippen molar-refractivity contribution in [2.24, 2.45) is 5.92 Å². The van der Waals surface area contributed by atoms with Gasteiger partial charge in [-0.1, -0.05) is 0 Å². The number of nitrogens with one attached hydrogen (secondary N) is 1. The lowest BCUT2D eigenvalue weighted by atomic mass is 10.2. The van der Waals surface area contributed by atoms with Gasteiger partial charge in [0.25, 0.3) is 0 Å². The minimum Gasteiger partial charge on any atom is -0.383 e. The van der Waals surface area contributed by atoms with Crippen LogP contribution in [-0.4, -0.2) is 64.1 Å². The van der Waals surface area contributed by atoms with Crippen molar-refractivity contribution in [3.05, 3.63) is 0 Å². The van der Waals surface area contributed by atoms with Crippen molar-refractivity contribution in [2.75, 3.05) is 53.1 Å². The molecule has 1 aliphatic rings. The fraction of sp³-hybridized carbons (Fsp3) is 1.00. The van der Waals surface area contributed by atoms with E-state index in [9.17, 15) is 0 Å². The smallest absolute Gasteiger partial charge is 0.0589 e. The van der Waals surface area contributed by atoms with Crippen molar-refractivity contribution in [1.29, 1.82) is 0 Å². The van der Waals surface area contributed by atoms with E-state index in [2.05, 4.69) is 17.1 Å². The summed E-state index contributed by atoms with van der Waals surface area (Å²) in [5, 5.41) is 3.55. The van der Waals surface area contributed by atoms with Crippen molar-refractivity contribution < 1.29 is 9.47 Å². The largest absolute Gasteiger partial charge is 0.383 e. The van der Waals surface area contributed by atoms with Crippen LogP contribution in [0.1, 0.15) is 39.5 Å². The fourth-order valence-corrected chi connectivity index (χ4v) is 2.55. The summed E-state index contributed by atoms with van der Waals surface area (Å²) in [6.07, 6.45) is 5.19. The van der Waals surface area contributed by atoms with Gasteiger partial charge >= 0.3 is 0 Å². The first-order valence-electron chi connectivity index (χ1n) is 8.31. The Labute approximate surface area is 125 Å². The van der Waals surface area contributed by atoms with Crippen LogP contribution in [0.5, 0.6) is 0 Å². The van der Waals surface area contributed by atoms with Gasteiger partial charge in [0.15, 0.2) is 0 Å². The molecule has 120 valence electrons. The van der Waals surface area contributed by atoms with Gasteiger partial charge in [-0.3, -0.25) is 4.90 Å². The second kappa shape index (κ2) is 11.5. The Bertz CT molecular complexity index is 223. The molecule has 0 spiro atoms. The molecule has 0 amide bonds. The minimum atomic E-state index is 0.713. The van der Waals surface area contributed by atoms with Gasteiger partial charge in [-0.05, 0) is 52.0 Å². The molecule has 0 heterocycles. The van der Waals surface area contributed by atoms with Gasteiger partial charge in [-0.15, -0.1) is 0 Å². The summed E-state index contributed by atoms with van der Waals surface area (Å²) >= 11 is 0. The number of rotatable bonds is 14. The molecule has 4 nitrogen and oxygen atoms in total. The lowest BCUT2D eigenvalue weighted by Gasteiger charge is -2.29. The second-order valence-corrected chi connectivity index (χ2v) is 5.76. The van der Waals surface area contributed by atoms with Crippen LogP contribution in [0.15, 0.2) is 0 Å². The van der Waals surface area contributed by atoms with Crippen LogP contribution in [0, 0.1) is 5.92 Å². The summed E-state index contributed by atoms with van der Waals surface area (Å²) in [6, 6.07) is 0.713. The lowest BCUT2D eigenvalue weighted by Crippen LogP contribution is -2.41. The maximum atomic E-state index is 5.34. The van der Waals surface area contributed by atoms with Crippen LogP contribution in [0.3, 0.4) is 0 Å². The summed E-state index contributed by atoms with van der Waals surface area (Å²) in [7, 11) is 1.79. The number of hydrogen-bond donors (Lipinski definition) is 1. The van der Waals surface area contributed by atoms with Crippen LogP contribution in [0.4, 0.5) is 0 Å². The molecule has 1 N–H and O–H groups in total. The normalized spacial score (nSPS) is 16.8. The average molecular weight is 286 g/mol. The summed E-state index contributed by atoms with van der Waals surface area (Å²) in [5.41, 5.74) is 0. The molecule has 0 saturated heterocycles. The third-order valence-corrected chi connectivity index (χ3v) is 4.13. The molecule has 0 radical (unpaired) electrons. The second-order valence-electron chi connectivity index (χ2n) is 5.76. The average Bonchev–Trinajstić information content (AvgIpc) is 3.29. The van der Waals surface area contributed by atoms with E-state index < -0.39 is 0 Å². The molecule has 0 aromatic heterocycles. The zero-order valence-electron chi connectivity index (χ0n) is 13.7. The van der Waals surface area contributed by atoms with E-state index in [0.29, 0.717) is 6.04 Å². The zero-order valence-corrected chi connectivity index (χ0v) is 13.7. The molecule has 0 aromatic rings. The number of ether oxygens (including phenoxy) is 2. The molecule has 1 rings (SSSR count). The quantitative estimate of drug-likeness (QED) is 0.496. The van der Waals surface area contributed by atoms with Gasteiger partial charge in [0.2, 0.25) is 0 Å². The SMILES string of the molecule is CCOCCCCNCCN(CCOC)C(C)C1CC1. The van der Waals surface area contributed by atoms with Crippen LogP contribution < -0.4 is 5.32 Å². The molecular weight excluding hydrogens is 252 g/mol. The Morgan fingerprint density at radius 2 is 1.95 bits per heavy atom. The Kier molecular flexibility index (Phi) is 10.3. The predicted octanol–water partition coefficient (Wildman–Crippen LogP) is 2.14. The molecule has 1 fully saturated rings. The highest BCUT2D eigenvalue weighted by molar-refractivity contribution is 4.85. The highest BCUT2D eigenvalue weighted by Gasteiger charge is 2.31. The summed E-state index contributed by atoms with van der Waals surface area (Å²) in [4.78, 5) is 2.58. The van der Waals surface area contributed by atoms with E-state index in [1.807, 2.05) is 6.92 Å². The molecule has 0 bridgehead atoms. The van der Waals surface area contributed by atoms with E-state index in [4.69, 9.17) is 9.47 Å². The number of methoxy groups -OCH3 is 1. The van der Waals surface area contributed by atoms with E-state index in [1.54, 1.807) is 7.11 Å². The molecule has 1 unspecified atom stereocenters. The summed E-state index contributed by atoms with van der Waals surface area (Å²) < 4.78 is 10.6. The van der Waals surface area contributed by atoms with E-state index in [1.165, 1.54) is 19.3 Å². The van der Waals surface area contributed by atoms with Gasteiger partial charge in [0.05, 0.1) is 6.61 Å². The molecule has 1 atom stereocenters. The standard InChI is InChI=1S/C16H34N2O2/c1-4-20-13-6-5-9-17-10-11-18(12-14-19-3)15(2)16-7-8-16/h15-17H,4-14H2,1-3H3. The van der Waals surface area contributed by atoms with Crippen molar-refractivity contribution in [3.63, 3.8) is 0 Å². The van der Waals surface area contributed by atoms with Crippen LogP contribution in [0.2, 0.25) is 0 Å². The molecule has 20 heavy (non-hydrogen) atoms. The Morgan fingerprint density at radius 1 is 1.15 bits per heavy atom. The lowest BCUT2D eigenvalue weighted by molar-refractivity contribution is 0.117. The van der Waals surface area contributed by atoms with Crippen LogP contribution in [-0.2, 0) is 9.47 Å². The Hall–Kier alpha value is -0.160. The van der Waals surface area contributed by atoms with Gasteiger partial charge in [0, 0.05) is 46.0 Å². The van der Waals surface area contributed by atoms with E-state index >= 15 is 0 Å². The summed E-state index contributed by atoms with van der Waals surface area (Å²) in [5.74, 6) is 0.929. The molecule has 4 heteroatoms. The van der Waals surface area contributed by atoms with Crippen LogP contribution >= 0.6 is 0 Å². The monoisotopic (exact) mass is 286 g/mol. The first-order valence-corrected chi connectivity index (χ1v) is 8.31. The Morgan fingerprint density at radius 3 is 2.60 bits per heavy atom.